The van der Waals surface area contributed by atoms with Crippen LogP contribution in [0.4, 0.5) is 0 Å². The average Bonchev–Trinajstić information content (AvgIpc) is 2.42. The molecule has 0 saturated carbocycles. The van der Waals surface area contributed by atoms with Crippen LogP contribution >= 0.6 is 0 Å². The van der Waals surface area contributed by atoms with Crippen molar-refractivity contribution >= 4 is 12.1 Å². The Morgan fingerprint density at radius 3 is 2.78 bits per heavy atom. The van der Waals surface area contributed by atoms with E-state index in [1.54, 1.807) is 18.3 Å². The first-order valence-corrected chi connectivity index (χ1v) is 6.38. The third-order valence-corrected chi connectivity index (χ3v) is 2.47. The Bertz CT molecular complexity index is 396. The van der Waals surface area contributed by atoms with Gasteiger partial charge in [0.2, 0.25) is 0 Å². The number of benzene rings is 1. The van der Waals surface area contributed by atoms with Crippen molar-refractivity contribution in [3.8, 4) is 0 Å². The smallest absolute Gasteiger partial charge is 0.267 e. The van der Waals surface area contributed by atoms with E-state index in [9.17, 15) is 4.79 Å². The Morgan fingerprint density at radius 1 is 1.28 bits per heavy atom. The van der Waals surface area contributed by atoms with E-state index in [1.165, 1.54) is 19.3 Å². The third-order valence-electron chi connectivity index (χ3n) is 2.47. The zero-order valence-electron chi connectivity index (χ0n) is 10.8. The minimum atomic E-state index is -0.189. The fourth-order valence-corrected chi connectivity index (χ4v) is 1.46. The molecular weight excluding hydrogens is 224 g/mol. The summed E-state index contributed by atoms with van der Waals surface area (Å²) in [4.78, 5) is 11.6. The molecular formula is C15H20N2O. The molecule has 0 aliphatic rings. The van der Waals surface area contributed by atoms with Gasteiger partial charge in [0.05, 0.1) is 0 Å². The van der Waals surface area contributed by atoms with Gasteiger partial charge in [-0.15, -0.1) is 0 Å². The normalized spacial score (nSPS) is 11.2. The van der Waals surface area contributed by atoms with Gasteiger partial charge in [0.1, 0.15) is 0 Å². The Kier molecular flexibility index (Phi) is 7.21. The van der Waals surface area contributed by atoms with Gasteiger partial charge in [0.15, 0.2) is 0 Å². The largest absolute Gasteiger partial charge is 0.271 e. The maximum absolute atomic E-state index is 11.6. The molecule has 0 bridgehead atoms. The zero-order chi connectivity index (χ0) is 13.1. The lowest BCUT2D eigenvalue weighted by Gasteiger charge is -1.97. The second-order valence-electron chi connectivity index (χ2n) is 4.01. The van der Waals surface area contributed by atoms with E-state index < -0.39 is 0 Å². The van der Waals surface area contributed by atoms with E-state index in [0.29, 0.717) is 5.56 Å². The zero-order valence-corrected chi connectivity index (χ0v) is 10.8. The fraction of sp³-hybridized carbons (Fsp3) is 0.333. The summed E-state index contributed by atoms with van der Waals surface area (Å²) in [6.45, 7) is 2.18. The minimum absolute atomic E-state index is 0.189. The van der Waals surface area contributed by atoms with Crippen molar-refractivity contribution in [3.63, 3.8) is 0 Å². The van der Waals surface area contributed by atoms with Gasteiger partial charge in [-0.1, -0.05) is 44.0 Å². The number of hydrogen-bond acceptors (Lipinski definition) is 2. The lowest BCUT2D eigenvalue weighted by Crippen LogP contribution is -2.16. The summed E-state index contributed by atoms with van der Waals surface area (Å²) in [5.41, 5.74) is 3.09. The molecule has 0 aliphatic heterocycles. The van der Waals surface area contributed by atoms with E-state index in [4.69, 9.17) is 0 Å². The number of carbonyl (C=O) groups excluding carboxylic acids is 1. The van der Waals surface area contributed by atoms with Crippen LogP contribution in [0.5, 0.6) is 0 Å². The number of amides is 1. The van der Waals surface area contributed by atoms with Crippen LogP contribution in [0.1, 0.15) is 43.0 Å². The van der Waals surface area contributed by atoms with Crippen LogP contribution in [0.2, 0.25) is 0 Å². The van der Waals surface area contributed by atoms with Crippen molar-refractivity contribution in [1.29, 1.82) is 0 Å². The molecule has 18 heavy (non-hydrogen) atoms. The SMILES string of the molecule is CCCCC/C=C/C=N/NC(=O)c1ccccc1. The van der Waals surface area contributed by atoms with Crippen LogP contribution in [0.3, 0.4) is 0 Å². The highest BCUT2D eigenvalue weighted by molar-refractivity contribution is 5.94. The molecule has 0 spiro atoms. The molecule has 0 unspecified atom stereocenters. The van der Waals surface area contributed by atoms with Crippen LogP contribution in [0, 0.1) is 0 Å². The Labute approximate surface area is 109 Å². The number of hydrazone groups is 1. The van der Waals surface area contributed by atoms with E-state index >= 15 is 0 Å². The van der Waals surface area contributed by atoms with Gasteiger partial charge < -0.3 is 0 Å². The maximum Gasteiger partial charge on any atom is 0.271 e. The predicted molar refractivity (Wildman–Crippen MR) is 75.7 cm³/mol. The van der Waals surface area contributed by atoms with E-state index in [0.717, 1.165) is 6.42 Å². The van der Waals surface area contributed by atoms with Crippen molar-refractivity contribution < 1.29 is 4.79 Å². The highest BCUT2D eigenvalue weighted by atomic mass is 16.2. The summed E-state index contributed by atoms with van der Waals surface area (Å²) in [5.74, 6) is -0.189. The third kappa shape index (κ3) is 5.99. The van der Waals surface area contributed by atoms with Gasteiger partial charge in [-0.05, 0) is 31.1 Å². The van der Waals surface area contributed by atoms with Crippen LogP contribution in [-0.2, 0) is 0 Å². The summed E-state index contributed by atoms with van der Waals surface area (Å²) in [7, 11) is 0. The van der Waals surface area contributed by atoms with Crippen LogP contribution in [0.25, 0.3) is 0 Å². The maximum atomic E-state index is 11.6. The summed E-state index contributed by atoms with van der Waals surface area (Å²) in [6, 6.07) is 9.04. The first-order valence-electron chi connectivity index (χ1n) is 6.38. The summed E-state index contributed by atoms with van der Waals surface area (Å²) < 4.78 is 0. The van der Waals surface area contributed by atoms with E-state index in [2.05, 4.69) is 23.5 Å². The van der Waals surface area contributed by atoms with Gasteiger partial charge in [-0.3, -0.25) is 4.79 Å². The number of hydrogen-bond donors (Lipinski definition) is 1. The van der Waals surface area contributed by atoms with E-state index in [-0.39, 0.29) is 5.91 Å². The Morgan fingerprint density at radius 2 is 2.06 bits per heavy atom. The molecule has 3 heteroatoms. The Hall–Kier alpha value is -1.90. The summed E-state index contributed by atoms with van der Waals surface area (Å²) in [6.07, 6.45) is 10.3. The van der Waals surface area contributed by atoms with Gasteiger partial charge in [-0.2, -0.15) is 5.10 Å². The molecule has 1 rings (SSSR count). The molecule has 0 fully saturated rings. The van der Waals surface area contributed by atoms with Crippen molar-refractivity contribution in [2.24, 2.45) is 5.10 Å². The number of unbranched alkanes of at least 4 members (excludes halogenated alkanes) is 3. The first-order chi connectivity index (χ1) is 8.84. The number of rotatable bonds is 7. The lowest BCUT2D eigenvalue weighted by atomic mass is 10.2. The molecule has 1 aromatic rings. The molecule has 96 valence electrons. The lowest BCUT2D eigenvalue weighted by molar-refractivity contribution is 0.0955. The van der Waals surface area contributed by atoms with Crippen molar-refractivity contribution in [2.75, 3.05) is 0 Å². The van der Waals surface area contributed by atoms with Gasteiger partial charge >= 0.3 is 0 Å². The molecule has 0 aliphatic carbocycles. The minimum Gasteiger partial charge on any atom is -0.267 e. The molecule has 1 N–H and O–H groups in total. The van der Waals surface area contributed by atoms with Crippen molar-refractivity contribution in [1.82, 2.24) is 5.43 Å². The average molecular weight is 244 g/mol. The van der Waals surface area contributed by atoms with Crippen LogP contribution in [0.15, 0.2) is 47.6 Å². The molecule has 0 heterocycles. The molecule has 0 aromatic heterocycles. The van der Waals surface area contributed by atoms with Gasteiger partial charge in [0, 0.05) is 11.8 Å². The predicted octanol–water partition coefficient (Wildman–Crippen LogP) is 3.54. The number of nitrogens with one attached hydrogen (secondary N) is 1. The quantitative estimate of drug-likeness (QED) is 0.445. The first kappa shape index (κ1) is 14.2. The van der Waals surface area contributed by atoms with Gasteiger partial charge in [0.25, 0.3) is 5.91 Å². The van der Waals surface area contributed by atoms with Crippen LogP contribution in [-0.4, -0.2) is 12.1 Å². The molecule has 1 amide bonds. The molecule has 0 radical (unpaired) electrons. The number of carbonyl (C=O) groups is 1. The van der Waals surface area contributed by atoms with Crippen molar-refractivity contribution in [2.45, 2.75) is 32.6 Å². The summed E-state index contributed by atoms with van der Waals surface area (Å²) >= 11 is 0. The monoisotopic (exact) mass is 244 g/mol. The fourth-order valence-electron chi connectivity index (χ4n) is 1.46. The second kappa shape index (κ2) is 9.16. The van der Waals surface area contributed by atoms with Gasteiger partial charge in [-0.25, -0.2) is 5.43 Å². The standard InChI is InChI=1S/C15H20N2O/c1-2-3-4-5-6-10-13-16-17-15(18)14-11-8-7-9-12-14/h6-13H,2-5H2,1H3,(H,17,18)/b10-6+,16-13+. The number of nitrogens with zero attached hydrogens (tertiary/aromatic N) is 1. The molecule has 3 nitrogen and oxygen atoms in total. The molecule has 0 atom stereocenters. The molecule has 0 saturated heterocycles. The number of allylic oxidation sites excluding steroid dienone is 2. The highest BCUT2D eigenvalue weighted by Crippen LogP contribution is 1.99. The molecule has 1 aromatic carbocycles. The van der Waals surface area contributed by atoms with E-state index in [1.807, 2.05) is 24.3 Å². The Balaban J connectivity index is 2.22. The second-order valence-corrected chi connectivity index (χ2v) is 4.01. The van der Waals surface area contributed by atoms with Crippen molar-refractivity contribution in [3.05, 3.63) is 48.0 Å². The van der Waals surface area contributed by atoms with Crippen LogP contribution < -0.4 is 5.43 Å². The topological polar surface area (TPSA) is 41.5 Å². The highest BCUT2D eigenvalue weighted by Gasteiger charge is 2.00. The summed E-state index contributed by atoms with van der Waals surface area (Å²) in [5, 5.41) is 3.85.